The summed E-state index contributed by atoms with van der Waals surface area (Å²) in [5, 5.41) is 10.9. The number of aryl methyl sites for hydroxylation is 3. The van der Waals surface area contributed by atoms with Crippen LogP contribution in [-0.4, -0.2) is 28.6 Å². The molecule has 0 unspecified atom stereocenters. The highest BCUT2D eigenvalue weighted by Gasteiger charge is 2.22. The van der Waals surface area contributed by atoms with Crippen molar-refractivity contribution in [2.24, 2.45) is 0 Å². The number of nitrogens with zero attached hydrogens (tertiary/aromatic N) is 4. The monoisotopic (exact) mass is 344 g/mol. The van der Waals surface area contributed by atoms with Crippen LogP contribution in [0.3, 0.4) is 0 Å². The molecular formula is C16H16N4O3S. The summed E-state index contributed by atoms with van der Waals surface area (Å²) in [6.07, 6.45) is 1.45. The van der Waals surface area contributed by atoms with Crippen molar-refractivity contribution in [3.8, 4) is 11.4 Å². The lowest BCUT2D eigenvalue weighted by atomic mass is 10.1. The van der Waals surface area contributed by atoms with Crippen LogP contribution in [0.25, 0.3) is 5.69 Å². The molecule has 2 aromatic carbocycles. The minimum absolute atomic E-state index is 0.206. The first kappa shape index (κ1) is 16.1. The number of tetrazole rings is 1. The van der Waals surface area contributed by atoms with E-state index in [0.29, 0.717) is 16.8 Å². The molecule has 0 spiro atoms. The first-order valence-corrected chi connectivity index (χ1v) is 8.63. The predicted octanol–water partition coefficient (Wildman–Crippen LogP) is 2.36. The maximum absolute atomic E-state index is 12.6. The first-order valence-electron chi connectivity index (χ1n) is 7.22. The first-order chi connectivity index (χ1) is 11.4. The summed E-state index contributed by atoms with van der Waals surface area (Å²) in [7, 11) is -3.91. The summed E-state index contributed by atoms with van der Waals surface area (Å²) in [5.41, 5.74) is 3.04. The van der Waals surface area contributed by atoms with E-state index < -0.39 is 10.1 Å². The van der Waals surface area contributed by atoms with E-state index in [1.807, 2.05) is 19.1 Å². The predicted molar refractivity (Wildman–Crippen MR) is 87.6 cm³/mol. The van der Waals surface area contributed by atoms with Gasteiger partial charge >= 0.3 is 10.1 Å². The van der Waals surface area contributed by atoms with Crippen LogP contribution in [-0.2, 0) is 10.1 Å². The maximum atomic E-state index is 12.6. The molecule has 0 fully saturated rings. The zero-order chi connectivity index (χ0) is 17.3. The molecule has 0 radical (unpaired) electrons. The van der Waals surface area contributed by atoms with Crippen LogP contribution < -0.4 is 4.18 Å². The van der Waals surface area contributed by atoms with E-state index in [2.05, 4.69) is 15.5 Å². The highest BCUT2D eigenvalue weighted by atomic mass is 32.2. The summed E-state index contributed by atoms with van der Waals surface area (Å²) >= 11 is 0. The van der Waals surface area contributed by atoms with Crippen molar-refractivity contribution in [2.75, 3.05) is 0 Å². The van der Waals surface area contributed by atoms with Gasteiger partial charge in [-0.25, -0.2) is 4.68 Å². The van der Waals surface area contributed by atoms with Gasteiger partial charge in [-0.2, -0.15) is 8.42 Å². The van der Waals surface area contributed by atoms with E-state index >= 15 is 0 Å². The van der Waals surface area contributed by atoms with Gasteiger partial charge in [-0.1, -0.05) is 17.7 Å². The molecule has 0 aliphatic carbocycles. The van der Waals surface area contributed by atoms with Gasteiger partial charge in [0, 0.05) is 0 Å². The lowest BCUT2D eigenvalue weighted by Gasteiger charge is -2.13. The van der Waals surface area contributed by atoms with E-state index in [4.69, 9.17) is 4.18 Å². The zero-order valence-electron chi connectivity index (χ0n) is 13.5. The van der Waals surface area contributed by atoms with Crippen molar-refractivity contribution in [1.29, 1.82) is 0 Å². The van der Waals surface area contributed by atoms with Gasteiger partial charge in [0.25, 0.3) is 0 Å². The van der Waals surface area contributed by atoms with E-state index in [1.54, 1.807) is 38.1 Å². The van der Waals surface area contributed by atoms with Gasteiger partial charge in [0.05, 0.1) is 5.69 Å². The molecule has 7 nitrogen and oxygen atoms in total. The van der Waals surface area contributed by atoms with Crippen molar-refractivity contribution >= 4 is 10.1 Å². The molecule has 8 heteroatoms. The van der Waals surface area contributed by atoms with Crippen molar-refractivity contribution in [2.45, 2.75) is 25.7 Å². The average molecular weight is 344 g/mol. The lowest BCUT2D eigenvalue weighted by molar-refractivity contribution is 0.485. The maximum Gasteiger partial charge on any atom is 0.339 e. The second kappa shape index (κ2) is 6.04. The fraction of sp³-hybridized carbons (Fsp3) is 0.188. The molecule has 0 amide bonds. The molecule has 24 heavy (non-hydrogen) atoms. The molecule has 124 valence electrons. The Labute approximate surface area is 140 Å². The largest absolute Gasteiger partial charge is 0.379 e. The molecule has 0 saturated carbocycles. The molecule has 0 bridgehead atoms. The summed E-state index contributed by atoms with van der Waals surface area (Å²) in [5.74, 6) is 0.228. The van der Waals surface area contributed by atoms with E-state index in [0.717, 1.165) is 5.56 Å². The van der Waals surface area contributed by atoms with Gasteiger partial charge in [0.1, 0.15) is 17.0 Å². The smallest absolute Gasteiger partial charge is 0.339 e. The summed E-state index contributed by atoms with van der Waals surface area (Å²) in [4.78, 5) is 0.206. The van der Waals surface area contributed by atoms with Gasteiger partial charge in [-0.05, 0) is 66.6 Å². The Morgan fingerprint density at radius 1 is 1.00 bits per heavy atom. The normalized spacial score (nSPS) is 11.5. The molecular weight excluding hydrogens is 328 g/mol. The van der Waals surface area contributed by atoms with Crippen LogP contribution in [0.1, 0.15) is 16.7 Å². The molecule has 3 aromatic rings. The third-order valence-corrected chi connectivity index (χ3v) is 5.07. The molecule has 1 heterocycles. The third-order valence-electron chi connectivity index (χ3n) is 3.51. The number of rotatable bonds is 4. The number of hydrogen-bond acceptors (Lipinski definition) is 6. The van der Waals surface area contributed by atoms with Gasteiger partial charge < -0.3 is 4.18 Å². The molecule has 0 N–H and O–H groups in total. The Balaban J connectivity index is 1.90. The van der Waals surface area contributed by atoms with Gasteiger partial charge in [-0.3, -0.25) is 0 Å². The van der Waals surface area contributed by atoms with Crippen LogP contribution in [0.5, 0.6) is 5.75 Å². The van der Waals surface area contributed by atoms with Gasteiger partial charge in [0.2, 0.25) is 0 Å². The van der Waals surface area contributed by atoms with E-state index in [-0.39, 0.29) is 10.6 Å². The van der Waals surface area contributed by atoms with Crippen LogP contribution >= 0.6 is 0 Å². The quantitative estimate of drug-likeness (QED) is 0.675. The van der Waals surface area contributed by atoms with Crippen LogP contribution in [0.15, 0.2) is 47.6 Å². The average Bonchev–Trinajstić information content (AvgIpc) is 3.00. The van der Waals surface area contributed by atoms with Crippen LogP contribution in [0.2, 0.25) is 0 Å². The topological polar surface area (TPSA) is 87.0 Å². The zero-order valence-corrected chi connectivity index (χ0v) is 14.3. The van der Waals surface area contributed by atoms with E-state index in [1.165, 1.54) is 11.0 Å². The van der Waals surface area contributed by atoms with E-state index in [9.17, 15) is 8.42 Å². The fourth-order valence-corrected chi connectivity index (χ4v) is 4.02. The minimum atomic E-state index is -3.91. The molecule has 1 aromatic heterocycles. The summed E-state index contributed by atoms with van der Waals surface area (Å²) in [6.45, 7) is 5.45. The molecule has 0 saturated heterocycles. The molecule has 0 aliphatic rings. The van der Waals surface area contributed by atoms with Crippen LogP contribution in [0.4, 0.5) is 0 Å². The van der Waals surface area contributed by atoms with Gasteiger partial charge in [-0.15, -0.1) is 5.10 Å². The SMILES string of the molecule is Cc1cc(C)c(S(=O)(=O)Oc2ccc(-n3cnnn3)cc2)c(C)c1. The Kier molecular flexibility index (Phi) is 4.06. The number of hydrogen-bond donors (Lipinski definition) is 0. The highest BCUT2D eigenvalue weighted by Crippen LogP contribution is 2.26. The Morgan fingerprint density at radius 3 is 2.17 bits per heavy atom. The summed E-state index contributed by atoms with van der Waals surface area (Å²) < 4.78 is 32.0. The summed E-state index contributed by atoms with van der Waals surface area (Å²) in [6, 6.07) is 10.1. The van der Waals surface area contributed by atoms with Crippen molar-refractivity contribution in [3.63, 3.8) is 0 Å². The third kappa shape index (κ3) is 3.13. The standard InChI is InChI=1S/C16H16N4O3S/c1-11-8-12(2)16(13(3)9-11)24(21,22)23-15-6-4-14(5-7-15)20-10-17-18-19-20/h4-10H,1-3H3. The Bertz CT molecular complexity index is 942. The van der Waals surface area contributed by atoms with Crippen molar-refractivity contribution in [3.05, 3.63) is 59.4 Å². The Hall–Kier alpha value is -2.74. The van der Waals surface area contributed by atoms with Crippen molar-refractivity contribution < 1.29 is 12.6 Å². The number of aromatic nitrogens is 4. The van der Waals surface area contributed by atoms with Crippen LogP contribution in [0, 0.1) is 20.8 Å². The van der Waals surface area contributed by atoms with Crippen molar-refractivity contribution in [1.82, 2.24) is 20.2 Å². The number of benzene rings is 2. The highest BCUT2D eigenvalue weighted by molar-refractivity contribution is 7.87. The Morgan fingerprint density at radius 2 is 1.62 bits per heavy atom. The second-order valence-electron chi connectivity index (χ2n) is 5.51. The fourth-order valence-electron chi connectivity index (χ4n) is 2.66. The lowest BCUT2D eigenvalue weighted by Crippen LogP contribution is -2.13. The molecule has 0 aliphatic heterocycles. The molecule has 3 rings (SSSR count). The van der Waals surface area contributed by atoms with Gasteiger partial charge in [0.15, 0.2) is 0 Å². The minimum Gasteiger partial charge on any atom is -0.379 e. The molecule has 0 atom stereocenters. The second-order valence-corrected chi connectivity index (χ2v) is 7.00.